The van der Waals surface area contributed by atoms with Crippen molar-refractivity contribution in [3.8, 4) is 0 Å². The van der Waals surface area contributed by atoms with E-state index >= 15 is 0 Å². The molecule has 3 aliphatic rings. The predicted octanol–water partition coefficient (Wildman–Crippen LogP) is 4.10. The van der Waals surface area contributed by atoms with Crippen LogP contribution in [0.5, 0.6) is 0 Å². The van der Waals surface area contributed by atoms with Crippen molar-refractivity contribution >= 4 is 17.7 Å². The summed E-state index contributed by atoms with van der Waals surface area (Å²) in [5, 5.41) is 0.559. The van der Waals surface area contributed by atoms with Gasteiger partial charge in [0.25, 0.3) is 0 Å². The van der Waals surface area contributed by atoms with Gasteiger partial charge in [0.05, 0.1) is 6.61 Å². The van der Waals surface area contributed by atoms with Crippen LogP contribution in [0.15, 0.2) is 0 Å². The minimum absolute atomic E-state index is 0.265. The lowest BCUT2D eigenvalue weighted by Crippen LogP contribution is -2.35. The molecule has 0 heterocycles. The molecule has 0 aromatic carbocycles. The van der Waals surface area contributed by atoms with Crippen LogP contribution in [0.1, 0.15) is 60.3 Å². The fourth-order valence-electron chi connectivity index (χ4n) is 5.94. The lowest BCUT2D eigenvalue weighted by molar-refractivity contribution is -0.144. The average Bonchev–Trinajstić information content (AvgIpc) is 3.35. The predicted molar refractivity (Wildman–Crippen MR) is 101 cm³/mol. The molecule has 0 saturated heterocycles. The van der Waals surface area contributed by atoms with Gasteiger partial charge in [-0.15, -0.1) is 0 Å². The van der Waals surface area contributed by atoms with E-state index in [9.17, 15) is 4.79 Å². The van der Waals surface area contributed by atoms with Crippen molar-refractivity contribution in [2.45, 2.75) is 71.6 Å². The molecular weight excluding hydrogens is 318 g/mol. The van der Waals surface area contributed by atoms with Crippen molar-refractivity contribution in [2.24, 2.45) is 40.2 Å². The van der Waals surface area contributed by atoms with Gasteiger partial charge in [-0.2, -0.15) is 11.8 Å². The molecule has 0 aliphatic heterocycles. The third kappa shape index (κ3) is 3.13. The first kappa shape index (κ1) is 18.6. The summed E-state index contributed by atoms with van der Waals surface area (Å²) in [5.41, 5.74) is 7.19. The summed E-state index contributed by atoms with van der Waals surface area (Å²) in [5.74, 6) is 4.28. The number of thioether (sulfide) groups is 1. The first-order valence-corrected chi connectivity index (χ1v) is 10.8. The van der Waals surface area contributed by atoms with E-state index in [0.717, 1.165) is 29.1 Å². The smallest absolute Gasteiger partial charge is 0.323 e. The van der Waals surface area contributed by atoms with E-state index in [1.165, 1.54) is 25.7 Å². The van der Waals surface area contributed by atoms with E-state index in [4.69, 9.17) is 10.5 Å². The first-order valence-electron chi connectivity index (χ1n) is 9.77. The molecule has 24 heavy (non-hydrogen) atoms. The molecule has 3 saturated carbocycles. The van der Waals surface area contributed by atoms with E-state index in [-0.39, 0.29) is 5.97 Å². The Kier molecular flexibility index (Phi) is 5.03. The van der Waals surface area contributed by atoms with Gasteiger partial charge in [0, 0.05) is 11.0 Å². The molecule has 138 valence electrons. The Hall–Kier alpha value is -0.220. The SMILES string of the molecule is CCOC(=O)C(N)CSC(C)CCC1C2C(C)[C@]23C[C@H]3CC1(C)C. The van der Waals surface area contributed by atoms with Gasteiger partial charge >= 0.3 is 5.97 Å². The molecule has 0 amide bonds. The zero-order valence-corrected chi connectivity index (χ0v) is 16.8. The summed E-state index contributed by atoms with van der Waals surface area (Å²) in [6, 6.07) is -0.484. The number of nitrogens with two attached hydrogens (primary N) is 1. The number of carbonyl (C=O) groups is 1. The van der Waals surface area contributed by atoms with Crippen LogP contribution in [0.2, 0.25) is 0 Å². The zero-order valence-electron chi connectivity index (χ0n) is 16.0. The van der Waals surface area contributed by atoms with Crippen molar-refractivity contribution in [1.29, 1.82) is 0 Å². The molecule has 1 spiro atoms. The van der Waals surface area contributed by atoms with Crippen LogP contribution >= 0.6 is 11.8 Å². The van der Waals surface area contributed by atoms with Gasteiger partial charge in [-0.3, -0.25) is 4.79 Å². The standard InChI is InChI=1S/C20H35NO2S/c1-6-23-18(22)16(21)11-24-12(2)7-8-15-17-13(3)20(17)10-14(20)9-19(15,4)5/h12-17H,6-11,21H2,1-5H3/t12?,13?,14-,15?,16?,17?,20+/m1/s1. The number of ether oxygens (including phenoxy) is 1. The molecule has 3 fully saturated rings. The molecule has 3 rings (SSSR count). The normalized spacial score (nSPS) is 40.9. The van der Waals surface area contributed by atoms with Gasteiger partial charge in [0.2, 0.25) is 0 Å². The Morgan fingerprint density at radius 2 is 2.08 bits per heavy atom. The summed E-state index contributed by atoms with van der Waals surface area (Å²) in [6.07, 6.45) is 5.52. The number of esters is 1. The molecule has 3 nitrogen and oxygen atoms in total. The van der Waals surface area contributed by atoms with E-state index in [0.29, 0.717) is 23.0 Å². The zero-order chi connectivity index (χ0) is 17.7. The second-order valence-electron chi connectivity index (χ2n) is 9.21. The van der Waals surface area contributed by atoms with Gasteiger partial charge in [0.15, 0.2) is 0 Å². The molecule has 0 bridgehead atoms. The van der Waals surface area contributed by atoms with E-state index < -0.39 is 6.04 Å². The third-order valence-electron chi connectivity index (χ3n) is 7.34. The van der Waals surface area contributed by atoms with Gasteiger partial charge in [-0.25, -0.2) is 0 Å². The highest BCUT2D eigenvalue weighted by Crippen LogP contribution is 2.86. The van der Waals surface area contributed by atoms with Crippen LogP contribution in [-0.4, -0.2) is 29.6 Å². The van der Waals surface area contributed by atoms with Crippen molar-refractivity contribution in [1.82, 2.24) is 0 Å². The molecule has 2 N–H and O–H groups in total. The second kappa shape index (κ2) is 6.50. The van der Waals surface area contributed by atoms with Crippen LogP contribution in [0.25, 0.3) is 0 Å². The molecule has 0 aromatic heterocycles. The Morgan fingerprint density at radius 3 is 2.75 bits per heavy atom. The Labute approximate surface area is 151 Å². The van der Waals surface area contributed by atoms with Crippen molar-refractivity contribution in [2.75, 3.05) is 12.4 Å². The number of carbonyl (C=O) groups excluding carboxylic acids is 1. The molecule has 7 atom stereocenters. The van der Waals surface area contributed by atoms with Crippen LogP contribution in [-0.2, 0) is 9.53 Å². The summed E-state index contributed by atoms with van der Waals surface area (Å²) in [7, 11) is 0. The summed E-state index contributed by atoms with van der Waals surface area (Å²) in [4.78, 5) is 11.6. The van der Waals surface area contributed by atoms with E-state index in [2.05, 4.69) is 27.7 Å². The topological polar surface area (TPSA) is 52.3 Å². The van der Waals surface area contributed by atoms with Crippen molar-refractivity contribution < 1.29 is 9.53 Å². The highest BCUT2D eigenvalue weighted by molar-refractivity contribution is 7.99. The van der Waals surface area contributed by atoms with Gasteiger partial charge in [0.1, 0.15) is 6.04 Å². The fraction of sp³-hybridized carbons (Fsp3) is 0.950. The van der Waals surface area contributed by atoms with Crippen LogP contribution in [0.3, 0.4) is 0 Å². The highest BCUT2D eigenvalue weighted by atomic mass is 32.2. The summed E-state index contributed by atoms with van der Waals surface area (Å²) >= 11 is 1.83. The van der Waals surface area contributed by atoms with E-state index in [1.54, 1.807) is 0 Å². The molecule has 3 aliphatic carbocycles. The lowest BCUT2D eigenvalue weighted by Gasteiger charge is -2.39. The molecule has 4 heteroatoms. The number of rotatable bonds is 8. The van der Waals surface area contributed by atoms with Crippen LogP contribution < -0.4 is 5.73 Å². The quantitative estimate of drug-likeness (QED) is 0.668. The molecule has 0 radical (unpaired) electrons. The molecule has 0 aromatic rings. The van der Waals surface area contributed by atoms with Crippen molar-refractivity contribution in [3.63, 3.8) is 0 Å². The van der Waals surface area contributed by atoms with Crippen LogP contribution in [0.4, 0.5) is 0 Å². The Balaban J connectivity index is 1.44. The van der Waals surface area contributed by atoms with E-state index in [1.807, 2.05) is 18.7 Å². The average molecular weight is 354 g/mol. The maximum Gasteiger partial charge on any atom is 0.323 e. The highest BCUT2D eigenvalue weighted by Gasteiger charge is 2.80. The Morgan fingerprint density at radius 1 is 1.38 bits per heavy atom. The van der Waals surface area contributed by atoms with Gasteiger partial charge in [-0.05, 0) is 67.1 Å². The minimum atomic E-state index is -0.484. The lowest BCUT2D eigenvalue weighted by atomic mass is 9.67. The molecular formula is C20H35NO2S. The first-order chi connectivity index (χ1) is 11.2. The van der Waals surface area contributed by atoms with Gasteiger partial charge < -0.3 is 10.5 Å². The third-order valence-corrected chi connectivity index (χ3v) is 8.70. The Bertz CT molecular complexity index is 494. The number of hydrogen-bond acceptors (Lipinski definition) is 4. The maximum atomic E-state index is 11.6. The van der Waals surface area contributed by atoms with Crippen LogP contribution in [0, 0.1) is 34.5 Å². The number of hydrogen-bond donors (Lipinski definition) is 1. The maximum absolute atomic E-state index is 11.6. The monoisotopic (exact) mass is 353 g/mol. The summed E-state index contributed by atoms with van der Waals surface area (Å²) in [6.45, 7) is 12.0. The largest absolute Gasteiger partial charge is 0.465 e. The second-order valence-corrected chi connectivity index (χ2v) is 10.7. The minimum Gasteiger partial charge on any atom is -0.465 e. The van der Waals surface area contributed by atoms with Crippen molar-refractivity contribution in [3.05, 3.63) is 0 Å². The summed E-state index contributed by atoms with van der Waals surface area (Å²) < 4.78 is 4.99. The van der Waals surface area contributed by atoms with Gasteiger partial charge in [-0.1, -0.05) is 27.7 Å². The molecule has 5 unspecified atom stereocenters. The fourth-order valence-corrected chi connectivity index (χ4v) is 6.91.